The number of rotatable bonds is 3. The molecule has 2 N–H and O–H groups in total. The summed E-state index contributed by atoms with van der Waals surface area (Å²) in [5.41, 5.74) is 0.924. The van der Waals surface area contributed by atoms with Crippen LogP contribution in [0, 0.1) is 0 Å². The van der Waals surface area contributed by atoms with Crippen molar-refractivity contribution >= 4 is 5.91 Å². The molecule has 2 fully saturated rings. The lowest BCUT2D eigenvalue weighted by Crippen LogP contribution is -2.59. The lowest BCUT2D eigenvalue weighted by atomic mass is 9.70. The Kier molecular flexibility index (Phi) is 3.66. The van der Waals surface area contributed by atoms with Crippen molar-refractivity contribution in [1.82, 2.24) is 10.6 Å². The number of piperidine rings is 1. The van der Waals surface area contributed by atoms with Crippen LogP contribution in [0.15, 0.2) is 24.3 Å². The van der Waals surface area contributed by atoms with Crippen molar-refractivity contribution < 1.29 is 9.53 Å². The molecule has 4 heteroatoms. The molecule has 0 radical (unpaired) electrons. The first-order chi connectivity index (χ1) is 9.72. The second kappa shape index (κ2) is 5.44. The third-order valence-electron chi connectivity index (χ3n) is 4.63. The molecular formula is C16H22N2O2. The molecule has 1 aromatic rings. The van der Waals surface area contributed by atoms with Gasteiger partial charge in [-0.2, -0.15) is 0 Å². The van der Waals surface area contributed by atoms with E-state index < -0.39 is 0 Å². The van der Waals surface area contributed by atoms with Gasteiger partial charge < -0.3 is 15.4 Å². The van der Waals surface area contributed by atoms with Gasteiger partial charge in [0.1, 0.15) is 5.75 Å². The number of nitrogens with one attached hydrogen (secondary N) is 2. The van der Waals surface area contributed by atoms with Crippen LogP contribution in [-0.2, 0) is 0 Å². The first-order valence-electron chi connectivity index (χ1n) is 7.41. The van der Waals surface area contributed by atoms with Gasteiger partial charge in [-0.05, 0) is 50.8 Å². The average Bonchev–Trinajstić information content (AvgIpc) is 2.46. The van der Waals surface area contributed by atoms with Gasteiger partial charge in [0.25, 0.3) is 5.91 Å². The normalized spacial score (nSPS) is 23.9. The number of amides is 1. The van der Waals surface area contributed by atoms with Gasteiger partial charge in [0.15, 0.2) is 0 Å². The maximum atomic E-state index is 12.4. The zero-order valence-electron chi connectivity index (χ0n) is 11.9. The topological polar surface area (TPSA) is 50.4 Å². The summed E-state index contributed by atoms with van der Waals surface area (Å²) in [6, 6.07) is 7.66. The SMILES string of the molecule is COc1ccccc1C(=O)NC1CCNC2(CCC2)C1. The molecule has 2 aliphatic rings. The lowest BCUT2D eigenvalue weighted by molar-refractivity contribution is 0.0850. The second-order valence-electron chi connectivity index (χ2n) is 5.92. The van der Waals surface area contributed by atoms with E-state index in [-0.39, 0.29) is 11.9 Å². The summed E-state index contributed by atoms with van der Waals surface area (Å²) in [7, 11) is 1.60. The van der Waals surface area contributed by atoms with Crippen molar-refractivity contribution in [3.05, 3.63) is 29.8 Å². The summed E-state index contributed by atoms with van der Waals surface area (Å²) >= 11 is 0. The molecule has 1 aliphatic carbocycles. The molecule has 1 saturated carbocycles. The molecule has 1 aliphatic heterocycles. The van der Waals surface area contributed by atoms with E-state index in [0.717, 1.165) is 19.4 Å². The number of hydrogen-bond acceptors (Lipinski definition) is 3. The van der Waals surface area contributed by atoms with Crippen LogP contribution < -0.4 is 15.4 Å². The molecule has 4 nitrogen and oxygen atoms in total. The molecule has 1 atom stereocenters. The van der Waals surface area contributed by atoms with Crippen molar-refractivity contribution in [1.29, 1.82) is 0 Å². The van der Waals surface area contributed by atoms with E-state index >= 15 is 0 Å². The molecular weight excluding hydrogens is 252 g/mol. The van der Waals surface area contributed by atoms with Gasteiger partial charge >= 0.3 is 0 Å². The second-order valence-corrected chi connectivity index (χ2v) is 5.92. The maximum absolute atomic E-state index is 12.4. The Bertz CT molecular complexity index is 497. The van der Waals surface area contributed by atoms with Crippen LogP contribution in [0.4, 0.5) is 0 Å². The van der Waals surface area contributed by atoms with Crippen LogP contribution in [0.2, 0.25) is 0 Å². The Morgan fingerprint density at radius 2 is 2.20 bits per heavy atom. The number of para-hydroxylation sites is 1. The molecule has 1 heterocycles. The van der Waals surface area contributed by atoms with Crippen LogP contribution >= 0.6 is 0 Å². The summed E-state index contributed by atoms with van der Waals surface area (Å²) in [5.74, 6) is 0.612. The quantitative estimate of drug-likeness (QED) is 0.887. The standard InChI is InChI=1S/C16H22N2O2/c1-20-14-6-3-2-5-13(14)15(19)18-12-7-10-17-16(11-12)8-4-9-16/h2-3,5-6,12,17H,4,7-11H2,1H3,(H,18,19). The number of ether oxygens (including phenoxy) is 1. The molecule has 1 spiro atoms. The van der Waals surface area contributed by atoms with Gasteiger partial charge in [-0.15, -0.1) is 0 Å². The summed E-state index contributed by atoms with van der Waals surface area (Å²) < 4.78 is 5.26. The van der Waals surface area contributed by atoms with Gasteiger partial charge in [-0.25, -0.2) is 0 Å². The summed E-state index contributed by atoms with van der Waals surface area (Å²) in [5, 5.41) is 6.80. The number of carbonyl (C=O) groups is 1. The summed E-state index contributed by atoms with van der Waals surface area (Å²) in [6.45, 7) is 0.997. The molecule has 20 heavy (non-hydrogen) atoms. The lowest BCUT2D eigenvalue weighted by Gasteiger charge is -2.48. The fraction of sp³-hybridized carbons (Fsp3) is 0.562. The van der Waals surface area contributed by atoms with Crippen LogP contribution in [-0.4, -0.2) is 31.1 Å². The molecule has 1 aromatic carbocycles. The van der Waals surface area contributed by atoms with Gasteiger partial charge in [0.2, 0.25) is 0 Å². The van der Waals surface area contributed by atoms with Crippen molar-refractivity contribution in [2.75, 3.05) is 13.7 Å². The van der Waals surface area contributed by atoms with Crippen LogP contribution in [0.3, 0.4) is 0 Å². The van der Waals surface area contributed by atoms with E-state index in [1.165, 1.54) is 19.3 Å². The average molecular weight is 274 g/mol. The zero-order valence-corrected chi connectivity index (χ0v) is 11.9. The predicted octanol–water partition coefficient (Wildman–Crippen LogP) is 2.10. The highest BCUT2D eigenvalue weighted by Crippen LogP contribution is 2.38. The van der Waals surface area contributed by atoms with Crippen molar-refractivity contribution in [2.24, 2.45) is 0 Å². The van der Waals surface area contributed by atoms with E-state index in [1.807, 2.05) is 24.3 Å². The first-order valence-corrected chi connectivity index (χ1v) is 7.41. The Labute approximate surface area is 119 Å². The third kappa shape index (κ3) is 2.52. The number of benzene rings is 1. The highest BCUT2D eigenvalue weighted by molar-refractivity contribution is 5.97. The van der Waals surface area contributed by atoms with Crippen LogP contribution in [0.25, 0.3) is 0 Å². The summed E-state index contributed by atoms with van der Waals surface area (Å²) in [4.78, 5) is 12.4. The molecule has 0 bridgehead atoms. The fourth-order valence-corrected chi connectivity index (χ4v) is 3.36. The van der Waals surface area contributed by atoms with Crippen molar-refractivity contribution in [3.63, 3.8) is 0 Å². The molecule has 1 saturated heterocycles. The Hall–Kier alpha value is -1.55. The first kappa shape index (κ1) is 13.4. The van der Waals surface area contributed by atoms with Gasteiger partial charge in [0.05, 0.1) is 12.7 Å². The van der Waals surface area contributed by atoms with Crippen molar-refractivity contribution in [3.8, 4) is 5.75 Å². The minimum Gasteiger partial charge on any atom is -0.496 e. The monoisotopic (exact) mass is 274 g/mol. The zero-order chi connectivity index (χ0) is 14.0. The van der Waals surface area contributed by atoms with E-state index in [2.05, 4.69) is 10.6 Å². The molecule has 108 valence electrons. The Morgan fingerprint density at radius 1 is 1.40 bits per heavy atom. The van der Waals surface area contributed by atoms with Crippen LogP contribution in [0.5, 0.6) is 5.75 Å². The smallest absolute Gasteiger partial charge is 0.255 e. The maximum Gasteiger partial charge on any atom is 0.255 e. The minimum absolute atomic E-state index is 0.0242. The fourth-order valence-electron chi connectivity index (χ4n) is 3.36. The molecule has 1 unspecified atom stereocenters. The Morgan fingerprint density at radius 3 is 2.90 bits per heavy atom. The number of methoxy groups -OCH3 is 1. The van der Waals surface area contributed by atoms with E-state index in [4.69, 9.17) is 4.74 Å². The molecule has 1 amide bonds. The Balaban J connectivity index is 1.66. The molecule has 3 rings (SSSR count). The predicted molar refractivity (Wildman–Crippen MR) is 78.1 cm³/mol. The van der Waals surface area contributed by atoms with E-state index in [1.54, 1.807) is 7.11 Å². The number of hydrogen-bond donors (Lipinski definition) is 2. The number of carbonyl (C=O) groups excluding carboxylic acids is 1. The van der Waals surface area contributed by atoms with Gasteiger partial charge in [0, 0.05) is 11.6 Å². The molecule has 0 aromatic heterocycles. The van der Waals surface area contributed by atoms with E-state index in [0.29, 0.717) is 16.9 Å². The van der Waals surface area contributed by atoms with E-state index in [9.17, 15) is 4.79 Å². The van der Waals surface area contributed by atoms with Crippen molar-refractivity contribution in [2.45, 2.75) is 43.7 Å². The third-order valence-corrected chi connectivity index (χ3v) is 4.63. The van der Waals surface area contributed by atoms with Gasteiger partial charge in [-0.3, -0.25) is 4.79 Å². The minimum atomic E-state index is -0.0242. The largest absolute Gasteiger partial charge is 0.496 e. The van der Waals surface area contributed by atoms with Crippen LogP contribution in [0.1, 0.15) is 42.5 Å². The highest BCUT2D eigenvalue weighted by Gasteiger charge is 2.41. The summed E-state index contributed by atoms with van der Waals surface area (Å²) in [6.07, 6.45) is 5.85. The van der Waals surface area contributed by atoms with Gasteiger partial charge in [-0.1, -0.05) is 12.1 Å². The highest BCUT2D eigenvalue weighted by atomic mass is 16.5.